The molecule has 7 nitrogen and oxygen atoms in total. The molecule has 3 rings (SSSR count). The molecule has 0 aliphatic carbocycles. The fourth-order valence-corrected chi connectivity index (χ4v) is 3.40. The highest BCUT2D eigenvalue weighted by atomic mass is 35.5. The molecular formula is C19H20ClN3O4S. The summed E-state index contributed by atoms with van der Waals surface area (Å²) in [7, 11) is -3.56. The quantitative estimate of drug-likeness (QED) is 0.543. The maximum atomic E-state index is 12.1. The Morgan fingerprint density at radius 2 is 1.71 bits per heavy atom. The van der Waals surface area contributed by atoms with Crippen molar-refractivity contribution in [2.45, 2.75) is 17.7 Å². The van der Waals surface area contributed by atoms with Gasteiger partial charge in [-0.2, -0.15) is 0 Å². The summed E-state index contributed by atoms with van der Waals surface area (Å²) in [6.45, 7) is 0.253. The van der Waals surface area contributed by atoms with E-state index in [0.29, 0.717) is 17.0 Å². The Kier molecular flexibility index (Phi) is 8.19. The maximum absolute atomic E-state index is 12.1. The molecule has 0 fully saturated rings. The molecule has 0 bridgehead atoms. The summed E-state index contributed by atoms with van der Waals surface area (Å²) in [6.07, 6.45) is 5.57. The molecule has 0 saturated carbocycles. The van der Waals surface area contributed by atoms with Gasteiger partial charge in [0.2, 0.25) is 10.0 Å². The molecule has 1 heterocycles. The normalized spacial score (nSPS) is 10.8. The number of aromatic nitrogens is 2. The number of carbonyl (C=O) groups is 1. The number of carboxylic acids is 1. The average molecular weight is 422 g/mol. The van der Waals surface area contributed by atoms with Crippen molar-refractivity contribution < 1.29 is 18.3 Å². The van der Waals surface area contributed by atoms with Gasteiger partial charge >= 0.3 is 5.97 Å². The number of imidazole rings is 1. The molecule has 0 atom stereocenters. The van der Waals surface area contributed by atoms with E-state index < -0.39 is 16.0 Å². The standard InChI is InChI=1S/C16H16ClNO4S.C3H4N2/c17-14-5-7-15(8-6-14)23(21,22)18-10-9-12-1-3-13(4-2-12)11-16(19)20;1-2-5-3-4-1/h1-8,18H,9-11H2,(H,19,20);1-3H,(H,4,5). The lowest BCUT2D eigenvalue weighted by molar-refractivity contribution is -0.136. The van der Waals surface area contributed by atoms with E-state index in [1.807, 2.05) is 0 Å². The predicted molar refractivity (Wildman–Crippen MR) is 107 cm³/mol. The van der Waals surface area contributed by atoms with E-state index in [1.165, 1.54) is 24.3 Å². The summed E-state index contributed by atoms with van der Waals surface area (Å²) in [5.41, 5.74) is 1.64. The van der Waals surface area contributed by atoms with Crippen molar-refractivity contribution in [3.63, 3.8) is 0 Å². The van der Waals surface area contributed by atoms with Crippen molar-refractivity contribution in [3.05, 3.63) is 83.4 Å². The van der Waals surface area contributed by atoms with E-state index in [4.69, 9.17) is 16.7 Å². The highest BCUT2D eigenvalue weighted by Gasteiger charge is 2.12. The molecule has 0 spiro atoms. The van der Waals surface area contributed by atoms with E-state index in [1.54, 1.807) is 43.0 Å². The molecule has 2 aromatic carbocycles. The van der Waals surface area contributed by atoms with Crippen LogP contribution in [-0.4, -0.2) is 36.0 Å². The number of hydrogen-bond donors (Lipinski definition) is 3. The zero-order valence-corrected chi connectivity index (χ0v) is 16.4. The number of aromatic amines is 1. The predicted octanol–water partition coefficient (Wildman–Crippen LogP) is 2.90. The maximum Gasteiger partial charge on any atom is 0.307 e. The highest BCUT2D eigenvalue weighted by molar-refractivity contribution is 7.89. The van der Waals surface area contributed by atoms with E-state index in [2.05, 4.69) is 14.7 Å². The largest absolute Gasteiger partial charge is 0.481 e. The lowest BCUT2D eigenvalue weighted by atomic mass is 10.1. The number of nitrogens with zero attached hydrogens (tertiary/aromatic N) is 1. The molecule has 3 aromatic rings. The number of carboxylic acid groups (broad SMARTS) is 1. The number of aliphatic carboxylic acids is 1. The van der Waals surface area contributed by atoms with E-state index in [0.717, 1.165) is 5.56 Å². The summed E-state index contributed by atoms with van der Waals surface area (Å²) >= 11 is 5.74. The van der Waals surface area contributed by atoms with Gasteiger partial charge in [-0.3, -0.25) is 4.79 Å². The fourth-order valence-electron chi connectivity index (χ4n) is 2.24. The van der Waals surface area contributed by atoms with Crippen LogP contribution in [0.25, 0.3) is 0 Å². The lowest BCUT2D eigenvalue weighted by Crippen LogP contribution is -2.25. The van der Waals surface area contributed by atoms with Crippen molar-refractivity contribution >= 4 is 27.6 Å². The molecule has 0 amide bonds. The Bertz CT molecular complexity index is 940. The van der Waals surface area contributed by atoms with Crippen LogP contribution >= 0.6 is 11.6 Å². The van der Waals surface area contributed by atoms with Crippen LogP contribution in [0.5, 0.6) is 0 Å². The number of nitrogens with one attached hydrogen (secondary N) is 2. The number of hydrogen-bond acceptors (Lipinski definition) is 4. The Balaban J connectivity index is 0.000000485. The van der Waals surface area contributed by atoms with Crippen LogP contribution in [0, 0.1) is 0 Å². The number of halogens is 1. The summed E-state index contributed by atoms with van der Waals surface area (Å²) in [5, 5.41) is 9.18. The molecule has 0 aliphatic heterocycles. The topological polar surface area (TPSA) is 112 Å². The van der Waals surface area contributed by atoms with Crippen molar-refractivity contribution in [2.75, 3.05) is 6.54 Å². The third-order valence-electron chi connectivity index (χ3n) is 3.61. The molecular weight excluding hydrogens is 402 g/mol. The van der Waals surface area contributed by atoms with Crippen molar-refractivity contribution in [1.29, 1.82) is 0 Å². The smallest absolute Gasteiger partial charge is 0.307 e. The first kappa shape index (κ1) is 21.6. The fraction of sp³-hybridized carbons (Fsp3) is 0.158. The summed E-state index contributed by atoms with van der Waals surface area (Å²) in [6, 6.07) is 13.0. The molecule has 1 aromatic heterocycles. The van der Waals surface area contributed by atoms with Gasteiger partial charge in [0.1, 0.15) is 0 Å². The molecule has 9 heteroatoms. The number of rotatable bonds is 7. The highest BCUT2D eigenvalue weighted by Crippen LogP contribution is 2.14. The minimum Gasteiger partial charge on any atom is -0.481 e. The van der Waals surface area contributed by atoms with Crippen LogP contribution in [0.3, 0.4) is 0 Å². The van der Waals surface area contributed by atoms with Gasteiger partial charge in [0, 0.05) is 24.0 Å². The van der Waals surface area contributed by atoms with Crippen molar-refractivity contribution in [1.82, 2.24) is 14.7 Å². The number of H-pyrrole nitrogens is 1. The lowest BCUT2D eigenvalue weighted by Gasteiger charge is -2.07. The second kappa shape index (κ2) is 10.6. The van der Waals surface area contributed by atoms with Gasteiger partial charge < -0.3 is 10.1 Å². The van der Waals surface area contributed by atoms with Crippen LogP contribution in [0.15, 0.2) is 72.1 Å². The Hall–Kier alpha value is -2.68. The first-order valence-electron chi connectivity index (χ1n) is 8.34. The van der Waals surface area contributed by atoms with Crippen LogP contribution in [0.2, 0.25) is 5.02 Å². The van der Waals surface area contributed by atoms with Gasteiger partial charge in [-0.25, -0.2) is 18.1 Å². The molecule has 0 radical (unpaired) electrons. The van der Waals surface area contributed by atoms with E-state index >= 15 is 0 Å². The minimum absolute atomic E-state index is 0.0243. The minimum atomic E-state index is -3.56. The number of sulfonamides is 1. The van der Waals surface area contributed by atoms with Crippen molar-refractivity contribution in [2.24, 2.45) is 0 Å². The van der Waals surface area contributed by atoms with Gasteiger partial charge in [0.05, 0.1) is 17.6 Å². The zero-order chi connectivity index (χ0) is 20.4. The van der Waals surface area contributed by atoms with Gasteiger partial charge in [0.15, 0.2) is 0 Å². The molecule has 3 N–H and O–H groups in total. The second-order valence-corrected chi connectivity index (χ2v) is 7.95. The van der Waals surface area contributed by atoms with Crippen molar-refractivity contribution in [3.8, 4) is 0 Å². The summed E-state index contributed by atoms with van der Waals surface area (Å²) in [4.78, 5) is 17.2. The molecule has 0 aliphatic rings. The van der Waals surface area contributed by atoms with Crippen LogP contribution in [-0.2, 0) is 27.7 Å². The Morgan fingerprint density at radius 3 is 2.21 bits per heavy atom. The molecule has 148 valence electrons. The molecule has 0 saturated heterocycles. The Morgan fingerprint density at radius 1 is 1.07 bits per heavy atom. The summed E-state index contributed by atoms with van der Waals surface area (Å²) in [5.74, 6) is -0.881. The van der Waals surface area contributed by atoms with Gasteiger partial charge in [-0.1, -0.05) is 35.9 Å². The van der Waals surface area contributed by atoms with Gasteiger partial charge in [0.25, 0.3) is 0 Å². The third kappa shape index (κ3) is 7.51. The second-order valence-electron chi connectivity index (χ2n) is 5.75. The zero-order valence-electron chi connectivity index (χ0n) is 14.9. The first-order valence-corrected chi connectivity index (χ1v) is 10.2. The Labute approximate surface area is 168 Å². The average Bonchev–Trinajstić information content (AvgIpc) is 3.23. The summed E-state index contributed by atoms with van der Waals surface area (Å²) < 4.78 is 26.7. The third-order valence-corrected chi connectivity index (χ3v) is 5.34. The SMILES string of the molecule is O=C(O)Cc1ccc(CCNS(=O)(=O)c2ccc(Cl)cc2)cc1.c1c[nH]cn1. The van der Waals surface area contributed by atoms with Crippen LogP contribution in [0.1, 0.15) is 11.1 Å². The first-order chi connectivity index (χ1) is 13.4. The van der Waals surface area contributed by atoms with Crippen LogP contribution in [0.4, 0.5) is 0 Å². The van der Waals surface area contributed by atoms with Gasteiger partial charge in [-0.05, 0) is 41.8 Å². The van der Waals surface area contributed by atoms with E-state index in [9.17, 15) is 13.2 Å². The molecule has 28 heavy (non-hydrogen) atoms. The number of benzene rings is 2. The van der Waals surface area contributed by atoms with E-state index in [-0.39, 0.29) is 17.9 Å². The van der Waals surface area contributed by atoms with Crippen LogP contribution < -0.4 is 4.72 Å². The van der Waals surface area contributed by atoms with Gasteiger partial charge in [-0.15, -0.1) is 0 Å². The molecule has 0 unspecified atom stereocenters. The monoisotopic (exact) mass is 421 g/mol.